The molecule has 1 N–H and O–H groups in total. The summed E-state index contributed by atoms with van der Waals surface area (Å²) in [5, 5.41) is 3.05. The van der Waals surface area contributed by atoms with E-state index >= 15 is 0 Å². The highest BCUT2D eigenvalue weighted by molar-refractivity contribution is 5.95. The van der Waals surface area contributed by atoms with E-state index in [0.717, 1.165) is 17.7 Å². The van der Waals surface area contributed by atoms with E-state index in [-0.39, 0.29) is 23.8 Å². The zero-order valence-corrected chi connectivity index (χ0v) is 16.0. The number of piperidine rings is 1. The van der Waals surface area contributed by atoms with Gasteiger partial charge in [0.2, 0.25) is 5.91 Å². The van der Waals surface area contributed by atoms with E-state index in [2.05, 4.69) is 17.2 Å². The Bertz CT molecular complexity index is 783. The molecule has 0 spiro atoms. The second-order valence-electron chi connectivity index (χ2n) is 7.18. The third-order valence-corrected chi connectivity index (χ3v) is 5.23. The molecule has 1 unspecified atom stereocenters. The molecule has 0 radical (unpaired) electrons. The zero-order chi connectivity index (χ0) is 19.2. The molecule has 1 fully saturated rings. The predicted octanol–water partition coefficient (Wildman–Crippen LogP) is 3.52. The van der Waals surface area contributed by atoms with Crippen molar-refractivity contribution in [2.75, 3.05) is 13.1 Å². The molecule has 1 saturated heterocycles. The third kappa shape index (κ3) is 4.73. The highest BCUT2D eigenvalue weighted by atomic mass is 16.2. The van der Waals surface area contributed by atoms with Crippen molar-refractivity contribution in [3.63, 3.8) is 0 Å². The number of amides is 2. The van der Waals surface area contributed by atoms with E-state index < -0.39 is 0 Å². The maximum Gasteiger partial charge on any atom is 0.253 e. The van der Waals surface area contributed by atoms with Gasteiger partial charge in [0.25, 0.3) is 5.91 Å². The minimum atomic E-state index is 0.000342. The highest BCUT2D eigenvalue weighted by Gasteiger charge is 2.28. The summed E-state index contributed by atoms with van der Waals surface area (Å²) in [7, 11) is 0. The number of rotatable bonds is 5. The lowest BCUT2D eigenvalue weighted by Gasteiger charge is -2.32. The quantitative estimate of drug-likeness (QED) is 0.882. The van der Waals surface area contributed by atoms with Gasteiger partial charge in [0.15, 0.2) is 0 Å². The first kappa shape index (κ1) is 19.1. The van der Waals surface area contributed by atoms with Crippen molar-refractivity contribution < 1.29 is 9.59 Å². The number of hydrogen-bond donors (Lipinski definition) is 1. The van der Waals surface area contributed by atoms with E-state index in [1.54, 1.807) is 12.3 Å². The van der Waals surface area contributed by atoms with E-state index in [9.17, 15) is 9.59 Å². The lowest BCUT2D eigenvalue weighted by atomic mass is 9.95. The van der Waals surface area contributed by atoms with Crippen LogP contribution in [0.25, 0.3) is 11.3 Å². The number of carbonyl (C=O) groups excluding carboxylic acids is 2. The summed E-state index contributed by atoms with van der Waals surface area (Å²) in [6.45, 7) is 5.30. The van der Waals surface area contributed by atoms with Crippen LogP contribution in [0.5, 0.6) is 0 Å². The number of nitrogens with zero attached hydrogens (tertiary/aromatic N) is 2. The van der Waals surface area contributed by atoms with E-state index in [4.69, 9.17) is 0 Å². The van der Waals surface area contributed by atoms with Gasteiger partial charge in [-0.05, 0) is 38.3 Å². The van der Waals surface area contributed by atoms with Crippen molar-refractivity contribution in [2.45, 2.75) is 39.2 Å². The molecule has 27 heavy (non-hydrogen) atoms. The highest BCUT2D eigenvalue weighted by Crippen LogP contribution is 2.22. The topological polar surface area (TPSA) is 62.3 Å². The first-order valence-corrected chi connectivity index (χ1v) is 9.69. The van der Waals surface area contributed by atoms with Crippen molar-refractivity contribution in [2.24, 2.45) is 5.92 Å². The van der Waals surface area contributed by atoms with Gasteiger partial charge in [0.05, 0.1) is 5.69 Å². The second-order valence-corrected chi connectivity index (χ2v) is 7.18. The number of likely N-dealkylation sites (tertiary alicyclic amines) is 1. The monoisotopic (exact) mass is 365 g/mol. The Hall–Kier alpha value is -2.69. The van der Waals surface area contributed by atoms with Gasteiger partial charge in [0.1, 0.15) is 0 Å². The Morgan fingerprint density at radius 3 is 2.56 bits per heavy atom. The molecule has 142 valence electrons. The van der Waals surface area contributed by atoms with Crippen LogP contribution in [0.4, 0.5) is 0 Å². The van der Waals surface area contributed by atoms with Crippen LogP contribution in [0, 0.1) is 5.92 Å². The lowest BCUT2D eigenvalue weighted by Crippen LogP contribution is -2.44. The van der Waals surface area contributed by atoms with Crippen molar-refractivity contribution in [1.82, 2.24) is 15.2 Å². The van der Waals surface area contributed by atoms with Crippen LogP contribution in [-0.4, -0.2) is 40.8 Å². The number of pyridine rings is 1. The Balaban J connectivity index is 1.62. The Labute approximate surface area is 160 Å². The first-order chi connectivity index (χ1) is 13.1. The normalized spacial score (nSPS) is 16.0. The maximum absolute atomic E-state index is 12.9. The van der Waals surface area contributed by atoms with Crippen LogP contribution in [-0.2, 0) is 4.79 Å². The smallest absolute Gasteiger partial charge is 0.253 e. The summed E-state index contributed by atoms with van der Waals surface area (Å²) in [5.74, 6) is 0.127. The van der Waals surface area contributed by atoms with Crippen LogP contribution >= 0.6 is 0 Å². The van der Waals surface area contributed by atoms with Gasteiger partial charge >= 0.3 is 0 Å². The van der Waals surface area contributed by atoms with Crippen molar-refractivity contribution in [3.8, 4) is 11.3 Å². The molecule has 0 bridgehead atoms. The zero-order valence-electron chi connectivity index (χ0n) is 16.0. The summed E-state index contributed by atoms with van der Waals surface area (Å²) >= 11 is 0. The number of hydrogen-bond acceptors (Lipinski definition) is 3. The Kier molecular flexibility index (Phi) is 6.22. The summed E-state index contributed by atoms with van der Waals surface area (Å²) in [6.07, 6.45) is 4.03. The molecule has 5 heteroatoms. The molecular weight excluding hydrogens is 338 g/mol. The maximum atomic E-state index is 12.9. The number of benzene rings is 1. The number of nitrogens with one attached hydrogen (secondary N) is 1. The average Bonchev–Trinajstić information content (AvgIpc) is 2.74. The van der Waals surface area contributed by atoms with Gasteiger partial charge in [-0.15, -0.1) is 0 Å². The molecule has 1 aliphatic heterocycles. The minimum Gasteiger partial charge on any atom is -0.353 e. The van der Waals surface area contributed by atoms with E-state index in [1.165, 1.54) is 0 Å². The molecule has 3 rings (SSSR count). The molecule has 1 aromatic carbocycles. The van der Waals surface area contributed by atoms with Gasteiger partial charge in [-0.25, -0.2) is 0 Å². The third-order valence-electron chi connectivity index (χ3n) is 5.23. The number of carbonyl (C=O) groups is 2. The van der Waals surface area contributed by atoms with Crippen molar-refractivity contribution in [3.05, 3.63) is 54.2 Å². The van der Waals surface area contributed by atoms with Crippen LogP contribution in [0.15, 0.2) is 48.7 Å². The fourth-order valence-corrected chi connectivity index (χ4v) is 3.32. The van der Waals surface area contributed by atoms with Crippen LogP contribution in [0.2, 0.25) is 0 Å². The van der Waals surface area contributed by atoms with Gasteiger partial charge in [-0.1, -0.05) is 37.3 Å². The molecule has 1 aliphatic rings. The molecule has 2 amide bonds. The molecule has 0 saturated carbocycles. The standard InChI is InChI=1S/C22H27N3O2/c1-3-16(2)24-21(26)18-10-13-25(14-11-18)22(27)19-9-12-23-20(15-19)17-7-5-4-6-8-17/h4-9,12,15-16,18H,3,10-11,13-14H2,1-2H3,(H,24,26). The molecule has 2 aromatic rings. The molecule has 0 aliphatic carbocycles. The fourth-order valence-electron chi connectivity index (χ4n) is 3.32. The van der Waals surface area contributed by atoms with Crippen molar-refractivity contribution >= 4 is 11.8 Å². The van der Waals surface area contributed by atoms with Crippen LogP contribution in [0.3, 0.4) is 0 Å². The summed E-state index contributed by atoms with van der Waals surface area (Å²) in [6, 6.07) is 13.7. The average molecular weight is 365 g/mol. The molecular formula is C22H27N3O2. The van der Waals surface area contributed by atoms with Gasteiger partial charge in [-0.2, -0.15) is 0 Å². The largest absolute Gasteiger partial charge is 0.353 e. The Morgan fingerprint density at radius 2 is 1.89 bits per heavy atom. The SMILES string of the molecule is CCC(C)NC(=O)C1CCN(C(=O)c2ccnc(-c3ccccc3)c2)CC1. The molecule has 1 atom stereocenters. The second kappa shape index (κ2) is 8.80. The summed E-state index contributed by atoms with van der Waals surface area (Å²) in [4.78, 5) is 31.4. The van der Waals surface area contributed by atoms with E-state index in [0.29, 0.717) is 31.5 Å². The van der Waals surface area contributed by atoms with Gasteiger partial charge in [0, 0.05) is 42.4 Å². The predicted molar refractivity (Wildman–Crippen MR) is 106 cm³/mol. The first-order valence-electron chi connectivity index (χ1n) is 9.69. The van der Waals surface area contributed by atoms with Crippen LogP contribution < -0.4 is 5.32 Å². The van der Waals surface area contributed by atoms with Gasteiger partial charge < -0.3 is 10.2 Å². The van der Waals surface area contributed by atoms with Crippen molar-refractivity contribution in [1.29, 1.82) is 0 Å². The Morgan fingerprint density at radius 1 is 1.19 bits per heavy atom. The fraction of sp³-hybridized carbons (Fsp3) is 0.409. The van der Waals surface area contributed by atoms with Crippen LogP contribution in [0.1, 0.15) is 43.5 Å². The summed E-state index contributed by atoms with van der Waals surface area (Å²) < 4.78 is 0. The molecule has 2 heterocycles. The minimum absolute atomic E-state index is 0.000342. The lowest BCUT2D eigenvalue weighted by molar-refractivity contribution is -0.126. The van der Waals surface area contributed by atoms with E-state index in [1.807, 2.05) is 48.2 Å². The summed E-state index contributed by atoms with van der Waals surface area (Å²) in [5.41, 5.74) is 2.43. The molecule has 1 aromatic heterocycles. The number of aromatic nitrogens is 1. The molecule has 5 nitrogen and oxygen atoms in total. The van der Waals surface area contributed by atoms with Gasteiger partial charge in [-0.3, -0.25) is 14.6 Å².